The van der Waals surface area contributed by atoms with Gasteiger partial charge >= 0.3 is 5.97 Å². The first-order chi connectivity index (χ1) is 8.88. The van der Waals surface area contributed by atoms with Gasteiger partial charge in [0.15, 0.2) is 6.10 Å². The van der Waals surface area contributed by atoms with Gasteiger partial charge in [-0.3, -0.25) is 9.59 Å². The lowest BCUT2D eigenvalue weighted by atomic mass is 10.0. The smallest absolute Gasteiger partial charge is 0.323 e. The third-order valence-corrected chi connectivity index (χ3v) is 3.38. The Hall–Kier alpha value is -2.04. The summed E-state index contributed by atoms with van der Waals surface area (Å²) in [5.74, 6) is -0.600. The fraction of sp³-hybridized carbons (Fsp3) is 0.429. The number of amides is 1. The average Bonchev–Trinajstić information content (AvgIpc) is 2.70. The number of carboxylic acids is 1. The summed E-state index contributed by atoms with van der Waals surface area (Å²) in [5, 5.41) is 8.69. The summed E-state index contributed by atoms with van der Waals surface area (Å²) < 4.78 is 5.62. The predicted octanol–water partition coefficient (Wildman–Crippen LogP) is 1.15. The van der Waals surface area contributed by atoms with Crippen LogP contribution in [0.2, 0.25) is 0 Å². The van der Waals surface area contributed by atoms with Crippen molar-refractivity contribution in [3.8, 4) is 5.75 Å². The van der Waals surface area contributed by atoms with Crippen LogP contribution in [0, 0.1) is 13.8 Å². The lowest BCUT2D eigenvalue weighted by molar-refractivity contribution is -0.146. The number of hydrogen-bond acceptors (Lipinski definition) is 3. The molecule has 19 heavy (non-hydrogen) atoms. The van der Waals surface area contributed by atoms with Crippen LogP contribution in [-0.2, 0) is 16.0 Å². The Kier molecular flexibility index (Phi) is 3.46. The maximum absolute atomic E-state index is 12.1. The first kappa shape index (κ1) is 13.4. The van der Waals surface area contributed by atoms with E-state index < -0.39 is 12.1 Å². The number of nitrogens with zero attached hydrogens (tertiary/aromatic N) is 1. The first-order valence-electron chi connectivity index (χ1n) is 6.12. The zero-order chi connectivity index (χ0) is 14.2. The molecule has 1 amide bonds. The molecule has 0 saturated carbocycles. The minimum Gasteiger partial charge on any atom is -0.480 e. The van der Waals surface area contributed by atoms with Crippen LogP contribution in [0.3, 0.4) is 0 Å². The van der Waals surface area contributed by atoms with Crippen molar-refractivity contribution in [1.82, 2.24) is 4.90 Å². The molecule has 0 aliphatic carbocycles. The molecule has 1 aromatic carbocycles. The summed E-state index contributed by atoms with van der Waals surface area (Å²) in [7, 11) is 1.47. The van der Waals surface area contributed by atoms with Gasteiger partial charge in [-0.2, -0.15) is 0 Å². The van der Waals surface area contributed by atoms with Gasteiger partial charge < -0.3 is 14.7 Å². The summed E-state index contributed by atoms with van der Waals surface area (Å²) in [4.78, 5) is 23.8. The third kappa shape index (κ3) is 2.70. The van der Waals surface area contributed by atoms with Crippen LogP contribution < -0.4 is 4.74 Å². The van der Waals surface area contributed by atoms with Gasteiger partial charge in [0.1, 0.15) is 12.3 Å². The predicted molar refractivity (Wildman–Crippen MR) is 69.3 cm³/mol. The third-order valence-electron chi connectivity index (χ3n) is 3.38. The number of ether oxygens (including phenoxy) is 1. The van der Waals surface area contributed by atoms with Gasteiger partial charge in [0.2, 0.25) is 0 Å². The molecule has 1 aliphatic rings. The normalized spacial score (nSPS) is 16.7. The fourth-order valence-electron chi connectivity index (χ4n) is 2.18. The number of aryl methyl sites for hydroxylation is 2. The van der Waals surface area contributed by atoms with E-state index in [0.29, 0.717) is 6.42 Å². The average molecular weight is 263 g/mol. The van der Waals surface area contributed by atoms with E-state index >= 15 is 0 Å². The van der Waals surface area contributed by atoms with Crippen molar-refractivity contribution >= 4 is 11.9 Å². The molecule has 0 spiro atoms. The highest BCUT2D eigenvalue weighted by molar-refractivity contribution is 5.85. The Bertz CT molecular complexity index is 507. The first-order valence-corrected chi connectivity index (χ1v) is 6.12. The van der Waals surface area contributed by atoms with Gasteiger partial charge in [-0.1, -0.05) is 6.07 Å². The largest absolute Gasteiger partial charge is 0.480 e. The van der Waals surface area contributed by atoms with Gasteiger partial charge in [-0.05, 0) is 36.6 Å². The molecule has 1 aromatic rings. The van der Waals surface area contributed by atoms with Crippen LogP contribution in [0.4, 0.5) is 0 Å². The van der Waals surface area contributed by atoms with Crippen LogP contribution in [-0.4, -0.2) is 41.6 Å². The molecular formula is C14H17NO4. The van der Waals surface area contributed by atoms with Crippen molar-refractivity contribution in [2.45, 2.75) is 26.4 Å². The molecule has 0 aromatic heterocycles. The number of carbonyl (C=O) groups excluding carboxylic acids is 1. The van der Waals surface area contributed by atoms with E-state index in [1.165, 1.54) is 11.9 Å². The van der Waals surface area contributed by atoms with Crippen LogP contribution in [0.5, 0.6) is 5.75 Å². The van der Waals surface area contributed by atoms with Crippen LogP contribution in [0.15, 0.2) is 12.1 Å². The minimum atomic E-state index is -1.03. The molecule has 1 aliphatic heterocycles. The second kappa shape index (κ2) is 4.91. The van der Waals surface area contributed by atoms with Crippen LogP contribution >= 0.6 is 0 Å². The van der Waals surface area contributed by atoms with Gasteiger partial charge in [0.25, 0.3) is 5.91 Å². The van der Waals surface area contributed by atoms with Crippen LogP contribution in [0.25, 0.3) is 0 Å². The summed E-state index contributed by atoms with van der Waals surface area (Å²) in [6.07, 6.45) is -0.111. The van der Waals surface area contributed by atoms with E-state index in [2.05, 4.69) is 0 Å². The van der Waals surface area contributed by atoms with Crippen molar-refractivity contribution in [1.29, 1.82) is 0 Å². The van der Waals surface area contributed by atoms with Crippen LogP contribution in [0.1, 0.15) is 16.7 Å². The summed E-state index contributed by atoms with van der Waals surface area (Å²) in [6, 6.07) is 3.95. The van der Waals surface area contributed by atoms with E-state index in [-0.39, 0.29) is 12.5 Å². The summed E-state index contributed by atoms with van der Waals surface area (Å²) in [5.41, 5.74) is 3.28. The molecule has 0 radical (unpaired) electrons. The topological polar surface area (TPSA) is 66.8 Å². The van der Waals surface area contributed by atoms with E-state index in [9.17, 15) is 9.59 Å². The molecule has 1 unspecified atom stereocenters. The highest BCUT2D eigenvalue weighted by Gasteiger charge is 2.32. The molecule has 1 heterocycles. The van der Waals surface area contributed by atoms with Gasteiger partial charge in [-0.15, -0.1) is 0 Å². The Morgan fingerprint density at radius 3 is 2.63 bits per heavy atom. The highest BCUT2D eigenvalue weighted by Crippen LogP contribution is 2.31. The molecule has 0 fully saturated rings. The standard InChI is InChI=1S/C14H17NO4/c1-8-4-10-6-12(19-11(10)5-9(8)2)14(18)15(3)7-13(16)17/h4-5,12H,6-7H2,1-3H3,(H,16,17). The molecule has 1 N–H and O–H groups in total. The molecule has 2 rings (SSSR count). The monoisotopic (exact) mass is 263 g/mol. The number of fused-ring (bicyclic) bond motifs is 1. The van der Waals surface area contributed by atoms with Gasteiger partial charge in [0.05, 0.1) is 0 Å². The lowest BCUT2D eigenvalue weighted by Crippen LogP contribution is -2.41. The number of benzene rings is 1. The molecule has 102 valence electrons. The lowest BCUT2D eigenvalue weighted by Gasteiger charge is -2.18. The van der Waals surface area contributed by atoms with Crippen molar-refractivity contribution < 1.29 is 19.4 Å². The summed E-state index contributed by atoms with van der Waals surface area (Å²) >= 11 is 0. The molecule has 5 nitrogen and oxygen atoms in total. The van der Waals surface area contributed by atoms with Crippen molar-refractivity contribution in [2.24, 2.45) is 0 Å². The minimum absolute atomic E-state index is 0.297. The number of aliphatic carboxylic acids is 1. The maximum atomic E-state index is 12.1. The molecular weight excluding hydrogens is 246 g/mol. The Balaban J connectivity index is 2.11. The van der Waals surface area contributed by atoms with Crippen molar-refractivity contribution in [3.05, 3.63) is 28.8 Å². The summed E-state index contributed by atoms with van der Waals surface area (Å²) in [6.45, 7) is 3.69. The SMILES string of the molecule is Cc1cc2c(cc1C)OC(C(=O)N(C)CC(=O)O)C2. The molecule has 5 heteroatoms. The highest BCUT2D eigenvalue weighted by atomic mass is 16.5. The van der Waals surface area contributed by atoms with E-state index in [4.69, 9.17) is 9.84 Å². The maximum Gasteiger partial charge on any atom is 0.323 e. The van der Waals surface area contributed by atoms with E-state index in [1.807, 2.05) is 26.0 Å². The second-order valence-electron chi connectivity index (χ2n) is 4.94. The number of carboxylic acid groups (broad SMARTS) is 1. The molecule has 0 bridgehead atoms. The Labute approximate surface area is 111 Å². The Morgan fingerprint density at radius 2 is 2.00 bits per heavy atom. The van der Waals surface area contributed by atoms with Crippen molar-refractivity contribution in [2.75, 3.05) is 13.6 Å². The number of likely N-dealkylation sites (N-methyl/N-ethyl adjacent to an activating group) is 1. The molecule has 1 atom stereocenters. The number of carbonyl (C=O) groups is 2. The van der Waals surface area contributed by atoms with Gasteiger partial charge in [-0.25, -0.2) is 0 Å². The number of hydrogen-bond donors (Lipinski definition) is 1. The number of rotatable bonds is 3. The zero-order valence-corrected chi connectivity index (χ0v) is 11.3. The van der Waals surface area contributed by atoms with Gasteiger partial charge in [0, 0.05) is 13.5 Å². The van der Waals surface area contributed by atoms with E-state index in [0.717, 1.165) is 22.4 Å². The second-order valence-corrected chi connectivity index (χ2v) is 4.94. The van der Waals surface area contributed by atoms with Crippen molar-refractivity contribution in [3.63, 3.8) is 0 Å². The fourth-order valence-corrected chi connectivity index (χ4v) is 2.18. The quantitative estimate of drug-likeness (QED) is 0.888. The Morgan fingerprint density at radius 1 is 1.37 bits per heavy atom. The molecule has 0 saturated heterocycles. The van der Waals surface area contributed by atoms with E-state index in [1.54, 1.807) is 0 Å². The zero-order valence-electron chi connectivity index (χ0n) is 11.3.